The van der Waals surface area contributed by atoms with E-state index in [4.69, 9.17) is 4.74 Å². The molecule has 8 nitrogen and oxygen atoms in total. The highest BCUT2D eigenvalue weighted by molar-refractivity contribution is 7.94. The number of hydrogen-bond acceptors (Lipinski definition) is 7. The molecule has 1 aromatic carbocycles. The molecular weight excluding hydrogens is 436 g/mol. The van der Waals surface area contributed by atoms with Crippen LogP contribution >= 0.6 is 11.3 Å². The van der Waals surface area contributed by atoms with Gasteiger partial charge >= 0.3 is 0 Å². The maximum Gasteiger partial charge on any atom is 0.244 e. The molecule has 0 spiro atoms. The van der Waals surface area contributed by atoms with E-state index in [1.165, 1.54) is 36.5 Å². The molecule has 3 rings (SSSR count). The zero-order chi connectivity index (χ0) is 21.2. The second kappa shape index (κ2) is 8.42. The number of rotatable bonds is 8. The van der Waals surface area contributed by atoms with Crippen LogP contribution in [0.5, 0.6) is 5.75 Å². The predicted molar refractivity (Wildman–Crippen MR) is 111 cm³/mol. The van der Waals surface area contributed by atoms with E-state index in [2.05, 4.69) is 4.72 Å². The van der Waals surface area contributed by atoms with Gasteiger partial charge in [-0.05, 0) is 43.0 Å². The molecule has 29 heavy (non-hydrogen) atoms. The maximum atomic E-state index is 12.9. The fraction of sp³-hybridized carbons (Fsp3) is 0.389. The number of benzene rings is 1. The van der Waals surface area contributed by atoms with E-state index in [1.54, 1.807) is 6.92 Å². The number of sulfonamides is 2. The summed E-state index contributed by atoms with van der Waals surface area (Å²) in [6.45, 7) is 3.65. The highest BCUT2D eigenvalue weighted by atomic mass is 32.2. The molecule has 0 saturated carbocycles. The zero-order valence-electron chi connectivity index (χ0n) is 16.0. The van der Waals surface area contributed by atoms with Gasteiger partial charge in [-0.1, -0.05) is 13.0 Å². The van der Waals surface area contributed by atoms with Gasteiger partial charge in [-0.3, -0.25) is 4.79 Å². The number of carbonyl (C=O) groups is 1. The third-order valence-corrected chi connectivity index (χ3v) is 8.64. The van der Waals surface area contributed by atoms with Gasteiger partial charge in [0, 0.05) is 11.4 Å². The van der Waals surface area contributed by atoms with Crippen molar-refractivity contribution in [1.29, 1.82) is 0 Å². The first-order valence-electron chi connectivity index (χ1n) is 9.01. The molecule has 2 heterocycles. The first-order valence-corrected chi connectivity index (χ1v) is 13.0. The minimum atomic E-state index is -3.99. The molecule has 1 unspecified atom stereocenters. The summed E-state index contributed by atoms with van der Waals surface area (Å²) in [5, 5.41) is 1.91. The van der Waals surface area contributed by atoms with Crippen molar-refractivity contribution in [3.05, 3.63) is 40.6 Å². The molecule has 0 radical (unpaired) electrons. The molecule has 1 aliphatic rings. The normalized spacial score (nSPS) is 18.9. The lowest BCUT2D eigenvalue weighted by Crippen LogP contribution is -2.31. The van der Waals surface area contributed by atoms with Crippen LogP contribution in [0.2, 0.25) is 0 Å². The van der Waals surface area contributed by atoms with Crippen molar-refractivity contribution < 1.29 is 26.4 Å². The topological polar surface area (TPSA) is 110 Å². The van der Waals surface area contributed by atoms with Gasteiger partial charge in [-0.15, -0.1) is 11.3 Å². The fourth-order valence-corrected chi connectivity index (χ4v) is 6.75. The highest BCUT2D eigenvalue weighted by Crippen LogP contribution is 2.34. The van der Waals surface area contributed by atoms with E-state index < -0.39 is 31.9 Å². The lowest BCUT2D eigenvalue weighted by molar-refractivity contribution is -0.119. The monoisotopic (exact) mass is 458 g/mol. The van der Waals surface area contributed by atoms with Gasteiger partial charge in [0.25, 0.3) is 0 Å². The third-order valence-electron chi connectivity index (χ3n) is 4.36. The molecule has 1 atom stereocenters. The summed E-state index contributed by atoms with van der Waals surface area (Å²) in [7, 11) is -7.83. The summed E-state index contributed by atoms with van der Waals surface area (Å²) in [6.07, 6.45) is 0.525. The number of anilines is 1. The van der Waals surface area contributed by atoms with E-state index in [-0.39, 0.29) is 35.2 Å². The van der Waals surface area contributed by atoms with Crippen molar-refractivity contribution in [2.24, 2.45) is 5.92 Å². The molecule has 1 N–H and O–H groups in total. The minimum Gasteiger partial charge on any atom is -0.492 e. The summed E-state index contributed by atoms with van der Waals surface area (Å²) >= 11 is 1.53. The number of carbonyl (C=O) groups excluding carboxylic acids is 1. The van der Waals surface area contributed by atoms with E-state index in [9.17, 15) is 21.6 Å². The van der Waals surface area contributed by atoms with E-state index in [0.29, 0.717) is 10.7 Å². The molecule has 0 aliphatic carbocycles. The predicted octanol–water partition coefficient (Wildman–Crippen LogP) is 1.98. The van der Waals surface area contributed by atoms with Crippen molar-refractivity contribution in [1.82, 2.24) is 4.72 Å². The van der Waals surface area contributed by atoms with Gasteiger partial charge < -0.3 is 4.74 Å². The molecule has 158 valence electrons. The summed E-state index contributed by atoms with van der Waals surface area (Å²) in [5.74, 6) is -1.48. The van der Waals surface area contributed by atoms with Crippen LogP contribution in [0.4, 0.5) is 5.69 Å². The Hall–Kier alpha value is -1.95. The molecule has 1 fully saturated rings. The molecule has 1 saturated heterocycles. The van der Waals surface area contributed by atoms with Gasteiger partial charge in [0.15, 0.2) is 0 Å². The molecule has 1 amide bonds. The Balaban J connectivity index is 1.93. The van der Waals surface area contributed by atoms with Gasteiger partial charge in [0.1, 0.15) is 10.6 Å². The number of thiophene rings is 1. The number of hydrogen-bond donors (Lipinski definition) is 1. The smallest absolute Gasteiger partial charge is 0.244 e. The SMILES string of the molecule is CCOc1ccc(N2C(=O)C(C)CS2(=O)=O)cc1S(=O)(=O)NCCc1cccs1. The van der Waals surface area contributed by atoms with Crippen LogP contribution in [-0.4, -0.2) is 41.6 Å². The zero-order valence-corrected chi connectivity index (χ0v) is 18.4. The van der Waals surface area contributed by atoms with Crippen molar-refractivity contribution in [3.8, 4) is 5.75 Å². The molecule has 1 aliphatic heterocycles. The summed E-state index contributed by atoms with van der Waals surface area (Å²) < 4.78 is 59.1. The molecule has 2 aromatic rings. The number of nitrogens with zero attached hydrogens (tertiary/aromatic N) is 1. The summed E-state index contributed by atoms with van der Waals surface area (Å²) in [6, 6.07) is 7.73. The Morgan fingerprint density at radius 2 is 2.07 bits per heavy atom. The average Bonchev–Trinajstić information content (AvgIpc) is 3.22. The summed E-state index contributed by atoms with van der Waals surface area (Å²) in [5.41, 5.74) is -0.0126. The fourth-order valence-electron chi connectivity index (χ4n) is 3.04. The van der Waals surface area contributed by atoms with E-state index >= 15 is 0 Å². The second-order valence-corrected chi connectivity index (χ2v) is 11.2. The first-order chi connectivity index (χ1) is 13.7. The van der Waals surface area contributed by atoms with Crippen LogP contribution in [0.25, 0.3) is 0 Å². The van der Waals surface area contributed by atoms with Crippen LogP contribution in [0.15, 0.2) is 40.6 Å². The Morgan fingerprint density at radius 3 is 2.66 bits per heavy atom. The standard InChI is InChI=1S/C18H22N2O6S3/c1-3-26-16-7-6-14(20-18(21)13(2)12-28(20,22)23)11-17(16)29(24,25)19-9-8-15-5-4-10-27-15/h4-7,10-11,13,19H,3,8-9,12H2,1-2H3. The lowest BCUT2D eigenvalue weighted by Gasteiger charge is -2.18. The lowest BCUT2D eigenvalue weighted by atomic mass is 10.2. The maximum absolute atomic E-state index is 12.9. The average molecular weight is 459 g/mol. The number of ether oxygens (including phenoxy) is 1. The van der Waals surface area contributed by atoms with E-state index in [0.717, 1.165) is 4.88 Å². The van der Waals surface area contributed by atoms with E-state index in [1.807, 2.05) is 17.5 Å². The number of nitrogens with one attached hydrogen (secondary N) is 1. The van der Waals surface area contributed by atoms with Crippen LogP contribution in [-0.2, 0) is 31.3 Å². The minimum absolute atomic E-state index is 0.0126. The van der Waals surface area contributed by atoms with Crippen LogP contribution in [0.1, 0.15) is 18.7 Å². The van der Waals surface area contributed by atoms with Crippen LogP contribution < -0.4 is 13.8 Å². The number of amides is 1. The van der Waals surface area contributed by atoms with Crippen molar-refractivity contribution in [3.63, 3.8) is 0 Å². The Morgan fingerprint density at radius 1 is 1.31 bits per heavy atom. The molecule has 1 aromatic heterocycles. The molecule has 0 bridgehead atoms. The van der Waals surface area contributed by atoms with Gasteiger partial charge in [-0.25, -0.2) is 25.9 Å². The first kappa shape index (κ1) is 21.8. The highest BCUT2D eigenvalue weighted by Gasteiger charge is 2.42. The molecule has 11 heteroatoms. The second-order valence-electron chi connectivity index (χ2n) is 6.57. The van der Waals surface area contributed by atoms with Crippen LogP contribution in [0, 0.1) is 5.92 Å². The Labute approximate surface area is 174 Å². The Kier molecular flexibility index (Phi) is 6.32. The quantitative estimate of drug-likeness (QED) is 0.648. The molecular formula is C18H22N2O6S3. The van der Waals surface area contributed by atoms with Crippen LogP contribution in [0.3, 0.4) is 0 Å². The largest absolute Gasteiger partial charge is 0.492 e. The van der Waals surface area contributed by atoms with Crippen molar-refractivity contribution in [2.45, 2.75) is 25.2 Å². The van der Waals surface area contributed by atoms with Crippen molar-refractivity contribution in [2.75, 3.05) is 23.2 Å². The third kappa shape index (κ3) is 4.63. The summed E-state index contributed by atoms with van der Waals surface area (Å²) in [4.78, 5) is 13.2. The Bertz CT molecular complexity index is 1090. The van der Waals surface area contributed by atoms with Gasteiger partial charge in [0.05, 0.1) is 24.0 Å². The van der Waals surface area contributed by atoms with Gasteiger partial charge in [0.2, 0.25) is 26.0 Å². The van der Waals surface area contributed by atoms with Crippen molar-refractivity contribution >= 4 is 43.0 Å². The van der Waals surface area contributed by atoms with Gasteiger partial charge in [-0.2, -0.15) is 0 Å².